The van der Waals surface area contributed by atoms with Gasteiger partial charge in [-0.3, -0.25) is 4.79 Å². The molecule has 0 spiro atoms. The van der Waals surface area contributed by atoms with Crippen molar-refractivity contribution in [3.8, 4) is 11.4 Å². The third kappa shape index (κ3) is 5.07. The number of amides is 1. The Bertz CT molecular complexity index is 1110. The van der Waals surface area contributed by atoms with Crippen LogP contribution in [0.2, 0.25) is 0 Å². The van der Waals surface area contributed by atoms with Crippen molar-refractivity contribution in [1.29, 1.82) is 0 Å². The summed E-state index contributed by atoms with van der Waals surface area (Å²) in [5.74, 6) is 0.189. The topological polar surface area (TPSA) is 105 Å². The fraction of sp³-hybridized carbons (Fsp3) is 0.250. The van der Waals surface area contributed by atoms with E-state index >= 15 is 0 Å². The predicted molar refractivity (Wildman–Crippen MR) is 107 cm³/mol. The average molecular weight is 414 g/mol. The van der Waals surface area contributed by atoms with Crippen molar-refractivity contribution in [2.45, 2.75) is 25.3 Å². The number of benzene rings is 2. The molecule has 2 aromatic carbocycles. The molecule has 0 unspecified atom stereocenters. The second kappa shape index (κ2) is 8.54. The van der Waals surface area contributed by atoms with Crippen LogP contribution >= 0.6 is 0 Å². The van der Waals surface area contributed by atoms with Gasteiger partial charge in [0.15, 0.2) is 0 Å². The van der Waals surface area contributed by atoms with Gasteiger partial charge in [0.25, 0.3) is 0 Å². The fourth-order valence-electron chi connectivity index (χ4n) is 2.64. The summed E-state index contributed by atoms with van der Waals surface area (Å²) in [6, 6.07) is 14.1. The summed E-state index contributed by atoms with van der Waals surface area (Å²) in [6.07, 6.45) is 0. The van der Waals surface area contributed by atoms with Crippen LogP contribution in [0.3, 0.4) is 0 Å². The minimum absolute atomic E-state index is 0.00999. The van der Waals surface area contributed by atoms with Crippen LogP contribution in [0.1, 0.15) is 17.0 Å². The lowest BCUT2D eigenvalue weighted by atomic mass is 10.1. The smallest absolute Gasteiger partial charge is 0.246 e. The first kappa shape index (κ1) is 20.7. The van der Waals surface area contributed by atoms with Gasteiger partial charge in [-0.25, -0.2) is 8.42 Å². The van der Waals surface area contributed by atoms with Gasteiger partial charge in [-0.2, -0.15) is 9.29 Å². The normalized spacial score (nSPS) is 11.6. The summed E-state index contributed by atoms with van der Waals surface area (Å²) >= 11 is 0. The Morgan fingerprint density at radius 1 is 1.10 bits per heavy atom. The number of rotatable bonds is 7. The van der Waals surface area contributed by atoms with Crippen LogP contribution in [-0.2, 0) is 21.4 Å². The standard InChI is InChI=1S/C20H22N4O4S/c1-14-7-9-17(10-8-14)29(26,27)24(3)13-18(25)21-12-19-22-20(23-28-19)16-6-4-5-15(2)11-16/h4-11H,12-13H2,1-3H3,(H,21,25). The number of aromatic nitrogens is 2. The van der Waals surface area contributed by atoms with Gasteiger partial charge in [0.05, 0.1) is 18.0 Å². The van der Waals surface area contributed by atoms with Crippen molar-refractivity contribution >= 4 is 15.9 Å². The lowest BCUT2D eigenvalue weighted by molar-refractivity contribution is -0.121. The van der Waals surface area contributed by atoms with Gasteiger partial charge in [0.2, 0.25) is 27.6 Å². The maximum atomic E-state index is 12.5. The van der Waals surface area contributed by atoms with E-state index in [1.54, 1.807) is 12.1 Å². The molecule has 8 nitrogen and oxygen atoms in total. The minimum Gasteiger partial charge on any atom is -0.346 e. The van der Waals surface area contributed by atoms with Gasteiger partial charge in [0.1, 0.15) is 0 Å². The molecule has 0 aliphatic rings. The molecule has 0 atom stereocenters. The molecule has 1 aromatic heterocycles. The Labute approximate surface area is 169 Å². The van der Waals surface area contributed by atoms with Crippen molar-refractivity contribution < 1.29 is 17.7 Å². The molecule has 1 heterocycles. The van der Waals surface area contributed by atoms with Crippen LogP contribution in [0.15, 0.2) is 57.9 Å². The highest BCUT2D eigenvalue weighted by atomic mass is 32.2. The van der Waals surface area contributed by atoms with Crippen molar-refractivity contribution in [2.24, 2.45) is 0 Å². The second-order valence-electron chi connectivity index (χ2n) is 6.73. The van der Waals surface area contributed by atoms with Gasteiger partial charge in [-0.15, -0.1) is 0 Å². The SMILES string of the molecule is Cc1ccc(S(=O)(=O)N(C)CC(=O)NCc2nc(-c3cccc(C)c3)no2)cc1. The molecule has 0 saturated heterocycles. The van der Waals surface area contributed by atoms with Crippen LogP contribution in [0, 0.1) is 13.8 Å². The monoisotopic (exact) mass is 414 g/mol. The van der Waals surface area contributed by atoms with Crippen molar-refractivity contribution in [3.05, 3.63) is 65.5 Å². The largest absolute Gasteiger partial charge is 0.346 e. The third-order valence-corrected chi connectivity index (χ3v) is 6.09. The summed E-state index contributed by atoms with van der Waals surface area (Å²) in [5.41, 5.74) is 2.84. The molecule has 1 amide bonds. The third-order valence-electron chi connectivity index (χ3n) is 4.28. The summed E-state index contributed by atoms with van der Waals surface area (Å²) in [7, 11) is -2.39. The molecule has 9 heteroatoms. The molecule has 0 aliphatic carbocycles. The highest BCUT2D eigenvalue weighted by Gasteiger charge is 2.23. The van der Waals surface area contributed by atoms with Crippen molar-refractivity contribution in [1.82, 2.24) is 19.8 Å². The molecule has 3 rings (SSSR count). The molecule has 1 N–H and O–H groups in total. The molecule has 29 heavy (non-hydrogen) atoms. The Hall–Kier alpha value is -3.04. The number of likely N-dealkylation sites (N-methyl/N-ethyl adjacent to an activating group) is 1. The molecule has 3 aromatic rings. The molecular formula is C20H22N4O4S. The number of nitrogens with one attached hydrogen (secondary N) is 1. The molecule has 0 bridgehead atoms. The van der Waals surface area contributed by atoms with E-state index in [2.05, 4.69) is 15.5 Å². The highest BCUT2D eigenvalue weighted by Crippen LogP contribution is 2.17. The van der Waals surface area contributed by atoms with Gasteiger partial charge >= 0.3 is 0 Å². The van der Waals surface area contributed by atoms with Crippen molar-refractivity contribution in [2.75, 3.05) is 13.6 Å². The van der Waals surface area contributed by atoms with Crippen molar-refractivity contribution in [3.63, 3.8) is 0 Å². The second-order valence-corrected chi connectivity index (χ2v) is 8.78. The molecule has 0 radical (unpaired) electrons. The zero-order valence-corrected chi connectivity index (χ0v) is 17.2. The van der Waals surface area contributed by atoms with Crippen LogP contribution in [0.4, 0.5) is 0 Å². The Kier molecular flexibility index (Phi) is 6.09. The first-order valence-electron chi connectivity index (χ1n) is 8.95. The molecule has 0 saturated carbocycles. The van der Waals surface area contributed by atoms with E-state index in [9.17, 15) is 13.2 Å². The Balaban J connectivity index is 1.58. The summed E-state index contributed by atoms with van der Waals surface area (Å²) in [5, 5.41) is 6.51. The maximum Gasteiger partial charge on any atom is 0.246 e. The number of carbonyl (C=O) groups excluding carboxylic acids is 1. The van der Waals surface area contributed by atoms with Gasteiger partial charge in [-0.05, 0) is 32.0 Å². The van der Waals surface area contributed by atoms with E-state index in [0.29, 0.717) is 5.82 Å². The molecule has 0 fully saturated rings. The number of hydrogen-bond acceptors (Lipinski definition) is 6. The van der Waals surface area contributed by atoms with E-state index in [0.717, 1.165) is 21.0 Å². The summed E-state index contributed by atoms with van der Waals surface area (Å²) in [6.45, 7) is 3.52. The molecule has 152 valence electrons. The molecular weight excluding hydrogens is 392 g/mol. The lowest BCUT2D eigenvalue weighted by Gasteiger charge is -2.16. The lowest BCUT2D eigenvalue weighted by Crippen LogP contribution is -2.38. The zero-order valence-electron chi connectivity index (χ0n) is 16.4. The quantitative estimate of drug-likeness (QED) is 0.636. The molecule has 0 aliphatic heterocycles. The Morgan fingerprint density at radius 2 is 1.83 bits per heavy atom. The fourth-order valence-corrected chi connectivity index (χ4v) is 3.76. The number of aryl methyl sites for hydroxylation is 2. The van der Waals surface area contributed by atoms with Gasteiger partial charge < -0.3 is 9.84 Å². The van der Waals surface area contributed by atoms with Crippen LogP contribution in [0.5, 0.6) is 0 Å². The van der Waals surface area contributed by atoms with E-state index < -0.39 is 15.9 Å². The van der Waals surface area contributed by atoms with Gasteiger partial charge in [0, 0.05) is 12.6 Å². The van der Waals surface area contributed by atoms with Crippen LogP contribution in [-0.4, -0.2) is 42.4 Å². The summed E-state index contributed by atoms with van der Waals surface area (Å²) < 4.78 is 31.2. The highest BCUT2D eigenvalue weighted by molar-refractivity contribution is 7.89. The number of sulfonamides is 1. The van der Waals surface area contributed by atoms with E-state index in [1.165, 1.54) is 19.2 Å². The summed E-state index contributed by atoms with van der Waals surface area (Å²) in [4.78, 5) is 16.6. The minimum atomic E-state index is -3.75. The van der Waals surface area contributed by atoms with Gasteiger partial charge in [-0.1, -0.05) is 46.6 Å². The first-order valence-corrected chi connectivity index (χ1v) is 10.4. The van der Waals surface area contributed by atoms with Crippen LogP contribution in [0.25, 0.3) is 11.4 Å². The van der Waals surface area contributed by atoms with E-state index in [4.69, 9.17) is 4.52 Å². The zero-order chi connectivity index (χ0) is 21.0. The first-order chi connectivity index (χ1) is 13.8. The number of hydrogen-bond donors (Lipinski definition) is 1. The van der Waals surface area contributed by atoms with Crippen LogP contribution < -0.4 is 5.32 Å². The number of carbonyl (C=O) groups is 1. The van der Waals surface area contributed by atoms with E-state index in [1.807, 2.05) is 38.1 Å². The predicted octanol–water partition coefficient (Wildman–Crippen LogP) is 2.29. The average Bonchev–Trinajstić information content (AvgIpc) is 3.16. The number of nitrogens with zero attached hydrogens (tertiary/aromatic N) is 3. The van der Waals surface area contributed by atoms with E-state index in [-0.39, 0.29) is 23.9 Å². The Morgan fingerprint density at radius 3 is 2.52 bits per heavy atom. The maximum absolute atomic E-state index is 12.5.